The molecule has 2 rings (SSSR count). The highest BCUT2D eigenvalue weighted by molar-refractivity contribution is 5.82. The van der Waals surface area contributed by atoms with E-state index in [2.05, 4.69) is 41.4 Å². The second-order valence-electron chi connectivity index (χ2n) is 5.20. The molecule has 2 nitrogen and oxygen atoms in total. The van der Waals surface area contributed by atoms with E-state index in [1.807, 2.05) is 12.1 Å². The molecule has 0 aromatic heterocycles. The maximum absolute atomic E-state index is 12.8. The van der Waals surface area contributed by atoms with Crippen LogP contribution < -0.4 is 0 Å². The van der Waals surface area contributed by atoms with E-state index in [4.69, 9.17) is 0 Å². The zero-order valence-electron chi connectivity index (χ0n) is 13.3. The fourth-order valence-corrected chi connectivity index (χ4v) is 2.05. The number of nitrogens with zero attached hydrogens (tertiary/aromatic N) is 2. The van der Waals surface area contributed by atoms with E-state index in [9.17, 15) is 4.39 Å². The molecule has 0 unspecified atom stereocenters. The van der Waals surface area contributed by atoms with Crippen molar-refractivity contribution >= 4 is 12.4 Å². The Hall–Kier alpha value is -2.55. The molecule has 0 aliphatic rings. The van der Waals surface area contributed by atoms with Gasteiger partial charge in [-0.05, 0) is 48.1 Å². The van der Waals surface area contributed by atoms with Gasteiger partial charge in [0.25, 0.3) is 0 Å². The number of hydrogen-bond donors (Lipinski definition) is 0. The van der Waals surface area contributed by atoms with Gasteiger partial charge in [-0.1, -0.05) is 55.5 Å². The number of hydrogen-bond acceptors (Lipinski definition) is 2. The number of aryl methyl sites for hydroxylation is 1. The van der Waals surface area contributed by atoms with Gasteiger partial charge in [-0.15, -0.1) is 0 Å². The Balaban J connectivity index is 1.85. The van der Waals surface area contributed by atoms with Crippen molar-refractivity contribution in [2.24, 2.45) is 10.2 Å². The predicted octanol–water partition coefficient (Wildman–Crippen LogP) is 5.18. The number of allylic oxidation sites excluding steroid dienone is 2. The number of benzene rings is 2. The topological polar surface area (TPSA) is 24.7 Å². The largest absolute Gasteiger partial charge is 0.207 e. The monoisotopic (exact) mass is 308 g/mol. The first-order valence-corrected chi connectivity index (χ1v) is 7.84. The first-order valence-electron chi connectivity index (χ1n) is 7.84. The second-order valence-corrected chi connectivity index (χ2v) is 5.20. The van der Waals surface area contributed by atoms with Gasteiger partial charge in [-0.3, -0.25) is 0 Å². The van der Waals surface area contributed by atoms with Crippen LogP contribution in [0.1, 0.15) is 36.5 Å². The minimum absolute atomic E-state index is 0.254. The van der Waals surface area contributed by atoms with Crippen molar-refractivity contribution in [1.29, 1.82) is 0 Å². The summed E-state index contributed by atoms with van der Waals surface area (Å²) in [4.78, 5) is 0. The summed E-state index contributed by atoms with van der Waals surface area (Å²) in [5.74, 6) is -0.254. The Morgan fingerprint density at radius 3 is 1.96 bits per heavy atom. The molecule has 0 aliphatic heterocycles. The maximum atomic E-state index is 12.8. The lowest BCUT2D eigenvalue weighted by Gasteiger charge is -1.99. The van der Waals surface area contributed by atoms with Gasteiger partial charge in [0.1, 0.15) is 5.82 Å². The van der Waals surface area contributed by atoms with Crippen molar-refractivity contribution in [3.63, 3.8) is 0 Å². The van der Waals surface area contributed by atoms with Gasteiger partial charge < -0.3 is 0 Å². The van der Waals surface area contributed by atoms with Gasteiger partial charge in [0.15, 0.2) is 0 Å². The van der Waals surface area contributed by atoms with Crippen molar-refractivity contribution < 1.29 is 4.39 Å². The van der Waals surface area contributed by atoms with Crippen molar-refractivity contribution in [2.45, 2.75) is 26.2 Å². The lowest BCUT2D eigenvalue weighted by molar-refractivity contribution is 0.628. The number of rotatable bonds is 7. The first-order chi connectivity index (χ1) is 11.3. The van der Waals surface area contributed by atoms with Crippen LogP contribution >= 0.6 is 0 Å². The van der Waals surface area contributed by atoms with Crippen LogP contribution in [0.3, 0.4) is 0 Å². The van der Waals surface area contributed by atoms with Crippen LogP contribution in [0.4, 0.5) is 4.39 Å². The zero-order valence-corrected chi connectivity index (χ0v) is 13.3. The van der Waals surface area contributed by atoms with Crippen LogP contribution in [0, 0.1) is 5.82 Å². The Morgan fingerprint density at radius 2 is 1.39 bits per heavy atom. The second kappa shape index (κ2) is 9.46. The minimum atomic E-state index is -0.254. The highest BCUT2D eigenvalue weighted by Gasteiger charge is 1.92. The van der Waals surface area contributed by atoms with E-state index in [0.29, 0.717) is 0 Å². The Kier molecular flexibility index (Phi) is 6.92. The van der Waals surface area contributed by atoms with Crippen molar-refractivity contribution in [2.75, 3.05) is 0 Å². The van der Waals surface area contributed by atoms with E-state index in [0.717, 1.165) is 30.4 Å². The summed E-state index contributed by atoms with van der Waals surface area (Å²) in [7, 11) is 0. The fourth-order valence-electron chi connectivity index (χ4n) is 2.05. The molecule has 3 heteroatoms. The van der Waals surface area contributed by atoms with Crippen LogP contribution in [0.2, 0.25) is 0 Å². The minimum Gasteiger partial charge on any atom is -0.207 e. The Morgan fingerprint density at radius 1 is 0.826 bits per heavy atom. The van der Waals surface area contributed by atoms with E-state index >= 15 is 0 Å². The normalized spacial score (nSPS) is 11.9. The molecule has 23 heavy (non-hydrogen) atoms. The van der Waals surface area contributed by atoms with Gasteiger partial charge in [0.2, 0.25) is 0 Å². The van der Waals surface area contributed by atoms with Gasteiger partial charge in [-0.25, -0.2) is 4.39 Å². The van der Waals surface area contributed by atoms with Gasteiger partial charge in [0.05, 0.1) is 12.4 Å². The van der Waals surface area contributed by atoms with E-state index in [-0.39, 0.29) is 5.82 Å². The zero-order chi connectivity index (χ0) is 16.3. The van der Waals surface area contributed by atoms with Crippen molar-refractivity contribution in [3.8, 4) is 0 Å². The SMILES string of the molecule is CC/C=C/CCc1ccc(C=NN=Cc2ccc(F)cc2)cc1. The predicted molar refractivity (Wildman–Crippen MR) is 95.8 cm³/mol. The molecule has 0 amide bonds. The van der Waals surface area contributed by atoms with Gasteiger partial charge >= 0.3 is 0 Å². The summed E-state index contributed by atoms with van der Waals surface area (Å²) in [6, 6.07) is 14.4. The molecule has 0 aliphatic carbocycles. The molecule has 0 radical (unpaired) electrons. The van der Waals surface area contributed by atoms with Crippen molar-refractivity contribution in [3.05, 3.63) is 83.2 Å². The molecule has 0 bridgehead atoms. The molecular formula is C20H21FN2. The number of halogens is 1. The quantitative estimate of drug-likeness (QED) is 0.382. The third-order valence-electron chi connectivity index (χ3n) is 3.33. The lowest BCUT2D eigenvalue weighted by atomic mass is 10.1. The third kappa shape index (κ3) is 6.39. The molecule has 0 heterocycles. The summed E-state index contributed by atoms with van der Waals surface area (Å²) in [6.45, 7) is 2.14. The van der Waals surface area contributed by atoms with Crippen LogP contribution in [-0.4, -0.2) is 12.4 Å². The van der Waals surface area contributed by atoms with E-state index < -0.39 is 0 Å². The highest BCUT2D eigenvalue weighted by atomic mass is 19.1. The van der Waals surface area contributed by atoms with Crippen LogP contribution in [-0.2, 0) is 6.42 Å². The van der Waals surface area contributed by atoms with E-state index in [1.165, 1.54) is 17.7 Å². The average Bonchev–Trinajstić information content (AvgIpc) is 2.58. The molecule has 0 saturated heterocycles. The summed E-state index contributed by atoms with van der Waals surface area (Å²) < 4.78 is 12.8. The summed E-state index contributed by atoms with van der Waals surface area (Å²) in [5.41, 5.74) is 3.14. The smallest absolute Gasteiger partial charge is 0.123 e. The van der Waals surface area contributed by atoms with Gasteiger partial charge in [0, 0.05) is 0 Å². The van der Waals surface area contributed by atoms with Crippen LogP contribution in [0.15, 0.2) is 70.9 Å². The molecule has 0 spiro atoms. The average molecular weight is 308 g/mol. The molecule has 0 N–H and O–H groups in total. The summed E-state index contributed by atoms with van der Waals surface area (Å²) in [5, 5.41) is 7.99. The maximum Gasteiger partial charge on any atom is 0.123 e. The Labute approximate surface area is 137 Å². The van der Waals surface area contributed by atoms with Crippen LogP contribution in [0.5, 0.6) is 0 Å². The standard InChI is InChI=1S/C20H21FN2/c1-2-3-4-5-6-17-7-9-18(10-8-17)15-22-23-16-19-11-13-20(21)14-12-19/h3-4,7-16H,2,5-6H2,1H3/b4-3+,22-15?,23-16?. The summed E-state index contributed by atoms with van der Waals surface area (Å²) in [6.07, 6.45) is 10.9. The fraction of sp³-hybridized carbons (Fsp3) is 0.200. The first kappa shape index (κ1) is 16.8. The molecule has 2 aromatic rings. The van der Waals surface area contributed by atoms with Crippen LogP contribution in [0.25, 0.3) is 0 Å². The molecule has 118 valence electrons. The third-order valence-corrected chi connectivity index (χ3v) is 3.33. The van der Waals surface area contributed by atoms with Crippen molar-refractivity contribution in [1.82, 2.24) is 0 Å². The lowest BCUT2D eigenvalue weighted by Crippen LogP contribution is -1.86. The molecular weight excluding hydrogens is 287 g/mol. The molecule has 0 atom stereocenters. The molecule has 0 saturated carbocycles. The molecule has 2 aromatic carbocycles. The summed E-state index contributed by atoms with van der Waals surface area (Å²) >= 11 is 0. The highest BCUT2D eigenvalue weighted by Crippen LogP contribution is 2.06. The van der Waals surface area contributed by atoms with Gasteiger partial charge in [-0.2, -0.15) is 10.2 Å². The molecule has 0 fully saturated rings. The van der Waals surface area contributed by atoms with E-state index in [1.54, 1.807) is 24.6 Å². The Bertz CT molecular complexity index is 668.